The number of terminal acetylenes is 1. The number of rotatable bonds is 18. The molecule has 16 nitrogen and oxygen atoms in total. The summed E-state index contributed by atoms with van der Waals surface area (Å²) in [4.78, 5) is 112. The van der Waals surface area contributed by atoms with Gasteiger partial charge in [0.2, 0.25) is 41.4 Å². The van der Waals surface area contributed by atoms with Gasteiger partial charge in [-0.1, -0.05) is 63.2 Å². The molecule has 6 atom stereocenters. The smallest absolute Gasteiger partial charge is 0.354 e. The number of carbonyl (C=O) groups excluding carboxylic acids is 8. The Kier molecular flexibility index (Phi) is 21.7. The predicted octanol–water partition coefficient (Wildman–Crippen LogP) is 3.95. The number of nitrogens with one attached hydrogen (secondary N) is 6. The molecule has 1 aliphatic carbocycles. The summed E-state index contributed by atoms with van der Waals surface area (Å²) in [5.74, 6) is -4.35. The lowest BCUT2D eigenvalue weighted by molar-refractivity contribution is -0.173. The Labute approximate surface area is 400 Å². The van der Waals surface area contributed by atoms with Crippen molar-refractivity contribution >= 4 is 70.5 Å². The number of alkyl halides is 3. The molecule has 1 saturated heterocycles. The first-order valence-corrected chi connectivity index (χ1v) is 23.5. The zero-order chi connectivity index (χ0) is 50.2. The van der Waals surface area contributed by atoms with Gasteiger partial charge in [0.05, 0.1) is 0 Å². The maximum atomic E-state index is 14.6. The van der Waals surface area contributed by atoms with Gasteiger partial charge in [-0.25, -0.2) is 0 Å². The lowest BCUT2D eigenvalue weighted by atomic mass is 9.98. The van der Waals surface area contributed by atoms with Crippen LogP contribution in [0.3, 0.4) is 0 Å². The number of hydrogen-bond donors (Lipinski definition) is 6. The third kappa shape index (κ3) is 16.6. The first-order chi connectivity index (χ1) is 31.5. The first-order valence-electron chi connectivity index (χ1n) is 22.8. The monoisotopic (exact) mass is 984 g/mol. The van der Waals surface area contributed by atoms with E-state index in [0.717, 1.165) is 4.90 Å². The zero-order valence-electron chi connectivity index (χ0n) is 39.0. The van der Waals surface area contributed by atoms with E-state index in [9.17, 15) is 51.5 Å². The van der Waals surface area contributed by atoms with Crippen LogP contribution < -0.4 is 31.9 Å². The molecule has 0 radical (unpaired) electrons. The van der Waals surface area contributed by atoms with Crippen molar-refractivity contribution < 1.29 is 51.5 Å². The van der Waals surface area contributed by atoms with E-state index in [1.807, 2.05) is 20.8 Å². The molecule has 1 aromatic rings. The molecule has 67 heavy (non-hydrogen) atoms. The SMILES string of the molecule is C#CC1(C(=O)N[C@@H](CC)C(=O)N[C@@H](CCCCNC(=O)C(F)(F)F)C(=O)N(C)[C@H]2CCCCNC(=O)[C@@H](CCC)NC(=O)[C@H](Cc3cc(Cl)ccc3Cl)N(C)C(=O)[C@H](CC(C)C)NC2=O)CC1. The highest BCUT2D eigenvalue weighted by atomic mass is 35.5. The van der Waals surface area contributed by atoms with E-state index in [0.29, 0.717) is 36.3 Å². The minimum Gasteiger partial charge on any atom is -0.354 e. The van der Waals surface area contributed by atoms with Crippen molar-refractivity contribution in [3.05, 3.63) is 33.8 Å². The second-order valence-electron chi connectivity index (χ2n) is 17.7. The maximum Gasteiger partial charge on any atom is 0.471 e. The lowest BCUT2D eigenvalue weighted by Crippen LogP contribution is -2.60. The number of amides is 8. The van der Waals surface area contributed by atoms with E-state index in [4.69, 9.17) is 29.6 Å². The van der Waals surface area contributed by atoms with Crippen LogP contribution in [0.2, 0.25) is 10.0 Å². The van der Waals surface area contributed by atoms with Gasteiger partial charge in [0, 0.05) is 43.7 Å². The van der Waals surface area contributed by atoms with Crippen molar-refractivity contribution in [2.45, 2.75) is 154 Å². The summed E-state index contributed by atoms with van der Waals surface area (Å²) in [7, 11) is 2.74. The Morgan fingerprint density at radius 1 is 0.970 bits per heavy atom. The van der Waals surface area contributed by atoms with Crippen LogP contribution in [0.1, 0.15) is 110 Å². The van der Waals surface area contributed by atoms with Gasteiger partial charge in [-0.05, 0) is 100 Å². The number of likely N-dealkylation sites (N-methyl/N-ethyl adjacent to an activating group) is 2. The van der Waals surface area contributed by atoms with Crippen LogP contribution in [0.15, 0.2) is 18.2 Å². The van der Waals surface area contributed by atoms with Crippen LogP contribution in [-0.4, -0.2) is 127 Å². The van der Waals surface area contributed by atoms with Crippen LogP contribution in [0.25, 0.3) is 0 Å². The molecule has 0 bridgehead atoms. The van der Waals surface area contributed by atoms with Gasteiger partial charge in [-0.3, -0.25) is 38.4 Å². The number of unbranched alkanes of at least 4 members (excludes halogenated alkanes) is 1. The fourth-order valence-corrected chi connectivity index (χ4v) is 8.10. The van der Waals surface area contributed by atoms with Crippen LogP contribution >= 0.6 is 23.2 Å². The highest BCUT2D eigenvalue weighted by Gasteiger charge is 2.49. The third-order valence-corrected chi connectivity index (χ3v) is 12.6. The van der Waals surface area contributed by atoms with Crippen LogP contribution in [0.4, 0.5) is 13.2 Å². The molecule has 0 spiro atoms. The molecule has 1 aromatic carbocycles. The summed E-state index contributed by atoms with van der Waals surface area (Å²) < 4.78 is 38.5. The summed E-state index contributed by atoms with van der Waals surface area (Å²) >= 11 is 12.8. The van der Waals surface area contributed by atoms with E-state index >= 15 is 0 Å². The van der Waals surface area contributed by atoms with Gasteiger partial charge in [-0.15, -0.1) is 6.42 Å². The van der Waals surface area contributed by atoms with Crippen LogP contribution in [-0.2, 0) is 44.8 Å². The van der Waals surface area contributed by atoms with Gasteiger partial charge >= 0.3 is 12.1 Å². The molecule has 1 saturated carbocycles. The number of carbonyl (C=O) groups is 8. The molecular formula is C46H65Cl2F3N8O8. The quantitative estimate of drug-likeness (QED) is 0.0934. The molecule has 0 aromatic heterocycles. The maximum absolute atomic E-state index is 14.6. The van der Waals surface area contributed by atoms with E-state index < -0.39 is 95.1 Å². The second kappa shape index (κ2) is 25.9. The fraction of sp³-hybridized carbons (Fsp3) is 0.652. The zero-order valence-corrected chi connectivity index (χ0v) is 40.5. The lowest BCUT2D eigenvalue weighted by Gasteiger charge is -2.35. The van der Waals surface area contributed by atoms with Gasteiger partial charge in [-0.2, -0.15) is 13.2 Å². The molecule has 372 valence electrons. The third-order valence-electron chi connectivity index (χ3n) is 12.0. The van der Waals surface area contributed by atoms with Crippen LogP contribution in [0.5, 0.6) is 0 Å². The normalized spacial score (nSPS) is 21.4. The Morgan fingerprint density at radius 2 is 1.64 bits per heavy atom. The number of halogens is 5. The van der Waals surface area contributed by atoms with Crippen molar-refractivity contribution in [1.29, 1.82) is 0 Å². The molecule has 2 aliphatic rings. The van der Waals surface area contributed by atoms with Gasteiger partial charge in [0.15, 0.2) is 0 Å². The summed E-state index contributed by atoms with van der Waals surface area (Å²) in [5, 5.41) is 16.2. The van der Waals surface area contributed by atoms with Gasteiger partial charge < -0.3 is 41.7 Å². The van der Waals surface area contributed by atoms with E-state index in [1.165, 1.54) is 19.0 Å². The average molecular weight is 986 g/mol. The number of hydrogen-bond acceptors (Lipinski definition) is 8. The van der Waals surface area contributed by atoms with Crippen molar-refractivity contribution in [3.63, 3.8) is 0 Å². The number of nitrogens with zero attached hydrogens (tertiary/aromatic N) is 2. The molecule has 6 N–H and O–H groups in total. The topological polar surface area (TPSA) is 215 Å². The summed E-state index contributed by atoms with van der Waals surface area (Å²) in [6, 6.07) is -2.47. The molecule has 2 fully saturated rings. The van der Waals surface area contributed by atoms with Crippen LogP contribution in [0, 0.1) is 23.7 Å². The minimum atomic E-state index is -5.10. The standard InChI is InChI=1S/C46H65Cl2F3N8O8/c1-8-15-32-37(60)52-22-14-12-17-35(39(62)56-34(24-27(4)5)42(65)59(7)36(40(63)54-32)26-28-25-29(47)18-19-30(28)48)58(6)41(64)33(16-11-13-23-53-44(67)46(49,50)51)55-38(61)31(9-2)57-43(66)45(10-3)20-21-45/h3,18-19,25,27,31-36H,8-9,11-17,20-24,26H2,1-2,4-7H3,(H,52,60)(H,53,67)(H,54,63)(H,55,61)(H,56,62)(H,57,66)/t31-,32+,33-,34-,35-,36-/m0/s1. The molecule has 3 rings (SSSR count). The van der Waals surface area contributed by atoms with E-state index in [-0.39, 0.29) is 81.8 Å². The first kappa shape index (κ1) is 56.2. The highest BCUT2D eigenvalue weighted by molar-refractivity contribution is 6.33. The molecule has 1 aliphatic heterocycles. The molecule has 8 amide bonds. The largest absolute Gasteiger partial charge is 0.471 e. The Morgan fingerprint density at radius 3 is 2.24 bits per heavy atom. The predicted molar refractivity (Wildman–Crippen MR) is 246 cm³/mol. The highest BCUT2D eigenvalue weighted by Crippen LogP contribution is 2.45. The van der Waals surface area contributed by atoms with Crippen molar-refractivity contribution in [2.24, 2.45) is 11.3 Å². The van der Waals surface area contributed by atoms with Gasteiger partial charge in [0.1, 0.15) is 41.7 Å². The molecule has 21 heteroatoms. The van der Waals surface area contributed by atoms with Gasteiger partial charge in [0.25, 0.3) is 0 Å². The molecular weight excluding hydrogens is 920 g/mol. The van der Waals surface area contributed by atoms with Crippen molar-refractivity contribution in [2.75, 3.05) is 27.2 Å². The molecule has 0 unspecified atom stereocenters. The van der Waals surface area contributed by atoms with Crippen molar-refractivity contribution in [3.8, 4) is 12.3 Å². The Balaban J connectivity index is 2.01. The average Bonchev–Trinajstić information content (AvgIpc) is 4.08. The Hall–Kier alpha value is -5.09. The summed E-state index contributed by atoms with van der Waals surface area (Å²) in [6.45, 7) is 6.91. The second-order valence-corrected chi connectivity index (χ2v) is 18.5. The van der Waals surface area contributed by atoms with E-state index in [1.54, 1.807) is 30.4 Å². The minimum absolute atomic E-state index is 0.0202. The summed E-state index contributed by atoms with van der Waals surface area (Å²) in [6.07, 6.45) is 2.80. The van der Waals surface area contributed by atoms with Crippen molar-refractivity contribution in [1.82, 2.24) is 41.7 Å². The fourth-order valence-electron chi connectivity index (χ4n) is 7.71. The summed E-state index contributed by atoms with van der Waals surface area (Å²) in [5.41, 5.74) is -0.591. The molecule has 1 heterocycles. The van der Waals surface area contributed by atoms with E-state index in [2.05, 4.69) is 32.5 Å². The Bertz CT molecular complexity index is 2000. The number of benzene rings is 1.